The fraction of sp³-hybridized carbons (Fsp3) is 0.467. The summed E-state index contributed by atoms with van der Waals surface area (Å²) in [6.07, 6.45) is 1.39. The van der Waals surface area contributed by atoms with Gasteiger partial charge in [0.1, 0.15) is 0 Å². The summed E-state index contributed by atoms with van der Waals surface area (Å²) < 4.78 is 0. The molecule has 1 aromatic rings. The van der Waals surface area contributed by atoms with Gasteiger partial charge in [-0.2, -0.15) is 11.8 Å². The third-order valence-corrected chi connectivity index (χ3v) is 3.78. The minimum atomic E-state index is -0.0494. The highest BCUT2D eigenvalue weighted by Crippen LogP contribution is 2.11. The van der Waals surface area contributed by atoms with Crippen molar-refractivity contribution in [3.63, 3.8) is 0 Å². The van der Waals surface area contributed by atoms with Gasteiger partial charge in [-0.1, -0.05) is 19.1 Å². The molecular formula is C15H23N3O2S. The van der Waals surface area contributed by atoms with E-state index in [4.69, 9.17) is 5.73 Å². The lowest BCUT2D eigenvalue weighted by Crippen LogP contribution is -2.29. The molecular weight excluding hydrogens is 286 g/mol. The Morgan fingerprint density at radius 2 is 1.90 bits per heavy atom. The summed E-state index contributed by atoms with van der Waals surface area (Å²) in [5.74, 6) is 0.897. The molecule has 2 amide bonds. The Morgan fingerprint density at radius 3 is 2.52 bits per heavy atom. The zero-order valence-corrected chi connectivity index (χ0v) is 13.2. The lowest BCUT2D eigenvalue weighted by Gasteiger charge is -2.06. The van der Waals surface area contributed by atoms with E-state index in [9.17, 15) is 9.59 Å². The van der Waals surface area contributed by atoms with E-state index in [2.05, 4.69) is 17.6 Å². The molecule has 0 heterocycles. The third kappa shape index (κ3) is 7.72. The molecule has 0 saturated heterocycles. The van der Waals surface area contributed by atoms with Crippen LogP contribution in [-0.2, 0) is 16.0 Å². The van der Waals surface area contributed by atoms with E-state index in [-0.39, 0.29) is 11.8 Å². The zero-order valence-electron chi connectivity index (χ0n) is 12.4. The van der Waals surface area contributed by atoms with Crippen LogP contribution in [0.1, 0.15) is 18.9 Å². The van der Waals surface area contributed by atoms with Gasteiger partial charge in [-0.3, -0.25) is 9.59 Å². The Kier molecular flexibility index (Phi) is 8.54. The second-order valence-electron chi connectivity index (χ2n) is 4.54. The van der Waals surface area contributed by atoms with Gasteiger partial charge in [0.15, 0.2) is 0 Å². The number of thioether (sulfide) groups is 1. The molecule has 4 N–H and O–H groups in total. The average Bonchev–Trinajstić information content (AvgIpc) is 2.50. The summed E-state index contributed by atoms with van der Waals surface area (Å²) in [5, 5.41) is 5.53. The molecule has 21 heavy (non-hydrogen) atoms. The Hall–Kier alpha value is -1.53. The molecule has 0 aromatic heterocycles. The molecule has 6 heteroatoms. The molecule has 0 atom stereocenters. The van der Waals surface area contributed by atoms with Gasteiger partial charge >= 0.3 is 0 Å². The van der Waals surface area contributed by atoms with E-state index in [1.807, 2.05) is 24.3 Å². The number of benzene rings is 1. The molecule has 0 aliphatic heterocycles. The standard InChI is InChI=1S/C15H23N3O2S/c1-2-12-3-5-13(6-4-12)18-15(20)11-21-10-7-14(19)17-9-8-16/h3-6H,2,7-11,16H2,1H3,(H,17,19)(H,18,20). The Morgan fingerprint density at radius 1 is 1.19 bits per heavy atom. The Labute approximate surface area is 130 Å². The van der Waals surface area contributed by atoms with Gasteiger partial charge in [0.2, 0.25) is 11.8 Å². The summed E-state index contributed by atoms with van der Waals surface area (Å²) in [6.45, 7) is 3.03. The van der Waals surface area contributed by atoms with Crippen molar-refractivity contribution in [3.8, 4) is 0 Å². The monoisotopic (exact) mass is 309 g/mol. The first-order valence-electron chi connectivity index (χ1n) is 7.09. The number of nitrogens with one attached hydrogen (secondary N) is 2. The van der Waals surface area contributed by atoms with Crippen LogP contribution in [-0.4, -0.2) is 36.4 Å². The van der Waals surface area contributed by atoms with Crippen molar-refractivity contribution in [2.24, 2.45) is 5.73 Å². The number of nitrogens with two attached hydrogens (primary N) is 1. The predicted octanol–water partition coefficient (Wildman–Crippen LogP) is 1.39. The van der Waals surface area contributed by atoms with E-state index in [1.165, 1.54) is 17.3 Å². The minimum Gasteiger partial charge on any atom is -0.355 e. The van der Waals surface area contributed by atoms with Gasteiger partial charge in [-0.15, -0.1) is 0 Å². The summed E-state index contributed by atoms with van der Waals surface area (Å²) in [4.78, 5) is 23.1. The number of hydrogen-bond acceptors (Lipinski definition) is 4. The van der Waals surface area contributed by atoms with Crippen LogP contribution in [0, 0.1) is 0 Å². The summed E-state index contributed by atoms with van der Waals surface area (Å²) in [7, 11) is 0. The molecule has 0 fully saturated rings. The number of anilines is 1. The highest BCUT2D eigenvalue weighted by Gasteiger charge is 2.04. The first-order valence-corrected chi connectivity index (χ1v) is 8.24. The lowest BCUT2D eigenvalue weighted by molar-refractivity contribution is -0.120. The lowest BCUT2D eigenvalue weighted by atomic mass is 10.1. The number of hydrogen-bond donors (Lipinski definition) is 3. The molecule has 0 bridgehead atoms. The maximum atomic E-state index is 11.7. The van der Waals surface area contributed by atoms with Crippen LogP contribution in [0.4, 0.5) is 5.69 Å². The van der Waals surface area contributed by atoms with Crippen LogP contribution in [0.15, 0.2) is 24.3 Å². The fourth-order valence-electron chi connectivity index (χ4n) is 1.65. The van der Waals surface area contributed by atoms with Crippen molar-refractivity contribution >= 4 is 29.3 Å². The number of amides is 2. The molecule has 0 aliphatic carbocycles. The fourth-order valence-corrected chi connectivity index (χ4v) is 2.38. The highest BCUT2D eigenvalue weighted by molar-refractivity contribution is 7.99. The minimum absolute atomic E-state index is 0.0245. The molecule has 0 aliphatic rings. The van der Waals surface area contributed by atoms with Crippen LogP contribution in [0.5, 0.6) is 0 Å². The molecule has 0 unspecified atom stereocenters. The first-order chi connectivity index (χ1) is 10.2. The van der Waals surface area contributed by atoms with Gasteiger partial charge in [-0.25, -0.2) is 0 Å². The Balaban J connectivity index is 2.17. The highest BCUT2D eigenvalue weighted by atomic mass is 32.2. The SMILES string of the molecule is CCc1ccc(NC(=O)CSCCC(=O)NCCN)cc1. The second-order valence-corrected chi connectivity index (χ2v) is 5.65. The smallest absolute Gasteiger partial charge is 0.234 e. The number of carbonyl (C=O) groups is 2. The van der Waals surface area contributed by atoms with Crippen LogP contribution in [0.3, 0.4) is 0 Å². The summed E-state index contributed by atoms with van der Waals surface area (Å²) >= 11 is 1.45. The van der Waals surface area contributed by atoms with Gasteiger partial charge in [0.05, 0.1) is 5.75 Å². The molecule has 1 aromatic carbocycles. The van der Waals surface area contributed by atoms with Crippen LogP contribution in [0.25, 0.3) is 0 Å². The molecule has 0 radical (unpaired) electrons. The van der Waals surface area contributed by atoms with Crippen molar-refractivity contribution < 1.29 is 9.59 Å². The Bertz CT molecular complexity index is 449. The maximum absolute atomic E-state index is 11.7. The van der Waals surface area contributed by atoms with E-state index in [0.29, 0.717) is 31.0 Å². The van der Waals surface area contributed by atoms with Gasteiger partial charge in [0.25, 0.3) is 0 Å². The number of aryl methyl sites for hydroxylation is 1. The molecule has 0 saturated carbocycles. The zero-order chi connectivity index (χ0) is 15.5. The van der Waals surface area contributed by atoms with E-state index >= 15 is 0 Å². The van der Waals surface area contributed by atoms with Gasteiger partial charge in [-0.05, 0) is 24.1 Å². The van der Waals surface area contributed by atoms with Crippen LogP contribution >= 0.6 is 11.8 Å². The van der Waals surface area contributed by atoms with Gasteiger partial charge < -0.3 is 16.4 Å². The summed E-state index contributed by atoms with van der Waals surface area (Å²) in [6, 6.07) is 7.82. The quantitative estimate of drug-likeness (QED) is 0.602. The van der Waals surface area contributed by atoms with Crippen molar-refractivity contribution in [3.05, 3.63) is 29.8 Å². The molecule has 0 spiro atoms. The van der Waals surface area contributed by atoms with Crippen LogP contribution < -0.4 is 16.4 Å². The predicted molar refractivity (Wildman–Crippen MR) is 88.5 cm³/mol. The largest absolute Gasteiger partial charge is 0.355 e. The number of carbonyl (C=O) groups excluding carboxylic acids is 2. The third-order valence-electron chi connectivity index (χ3n) is 2.82. The van der Waals surface area contributed by atoms with E-state index < -0.39 is 0 Å². The maximum Gasteiger partial charge on any atom is 0.234 e. The van der Waals surface area contributed by atoms with Crippen LogP contribution in [0.2, 0.25) is 0 Å². The van der Waals surface area contributed by atoms with Crippen molar-refractivity contribution in [2.45, 2.75) is 19.8 Å². The molecule has 5 nitrogen and oxygen atoms in total. The van der Waals surface area contributed by atoms with Gasteiger partial charge in [0, 0.05) is 31.0 Å². The van der Waals surface area contributed by atoms with E-state index in [0.717, 1.165) is 12.1 Å². The van der Waals surface area contributed by atoms with E-state index in [1.54, 1.807) is 0 Å². The first kappa shape index (κ1) is 17.5. The van der Waals surface area contributed by atoms with Crippen molar-refractivity contribution in [2.75, 3.05) is 29.9 Å². The van der Waals surface area contributed by atoms with Crippen molar-refractivity contribution in [1.82, 2.24) is 5.32 Å². The molecule has 116 valence electrons. The average molecular weight is 309 g/mol. The topological polar surface area (TPSA) is 84.2 Å². The second kappa shape index (κ2) is 10.2. The van der Waals surface area contributed by atoms with Crippen molar-refractivity contribution in [1.29, 1.82) is 0 Å². The number of rotatable bonds is 9. The summed E-state index contributed by atoms with van der Waals surface area (Å²) in [5.41, 5.74) is 7.34. The normalized spacial score (nSPS) is 10.2. The molecule has 1 rings (SSSR count).